The van der Waals surface area contributed by atoms with E-state index in [-0.39, 0.29) is 6.10 Å². The number of esters is 1. The van der Waals surface area contributed by atoms with E-state index in [0.717, 1.165) is 5.75 Å². The summed E-state index contributed by atoms with van der Waals surface area (Å²) >= 11 is 0. The van der Waals surface area contributed by atoms with E-state index < -0.39 is 11.5 Å². The third-order valence-electron chi connectivity index (χ3n) is 3.34. The normalized spacial score (nSPS) is 15.4. The largest absolute Gasteiger partial charge is 0.491 e. The fraction of sp³-hybridized carbons (Fsp3) is 0.588. The van der Waals surface area contributed by atoms with Gasteiger partial charge in [-0.2, -0.15) is 0 Å². The van der Waals surface area contributed by atoms with E-state index in [1.54, 1.807) is 13.8 Å². The third-order valence-corrected chi connectivity index (χ3v) is 3.34. The minimum atomic E-state index is -1.03. The number of ether oxygens (including phenoxy) is 2. The maximum Gasteiger partial charge on any atom is 0.325 e. The first-order chi connectivity index (χ1) is 9.76. The highest BCUT2D eigenvalue weighted by Crippen LogP contribution is 2.21. The topological polar surface area (TPSA) is 61.5 Å². The summed E-state index contributed by atoms with van der Waals surface area (Å²) in [5.41, 5.74) is 6.24. The Morgan fingerprint density at radius 2 is 1.81 bits per heavy atom. The molecule has 0 saturated carbocycles. The summed E-state index contributed by atoms with van der Waals surface area (Å²) in [6.07, 6.45) is 0.229. The van der Waals surface area contributed by atoms with Gasteiger partial charge in [-0.15, -0.1) is 0 Å². The standard InChI is InChI=1S/C17H27NO3/c1-6-20-16(19)17(5,18)11-13(4)21-15-9-7-14(8-10-15)12(2)3/h7-10,12-13H,6,11,18H2,1-5H3. The van der Waals surface area contributed by atoms with E-state index in [4.69, 9.17) is 15.2 Å². The maximum absolute atomic E-state index is 11.8. The lowest BCUT2D eigenvalue weighted by molar-refractivity contribution is -0.149. The number of benzene rings is 1. The predicted molar refractivity (Wildman–Crippen MR) is 84.5 cm³/mol. The molecule has 0 aliphatic heterocycles. The summed E-state index contributed by atoms with van der Waals surface area (Å²) in [5.74, 6) is 0.884. The Morgan fingerprint density at radius 3 is 2.29 bits per heavy atom. The van der Waals surface area contributed by atoms with Crippen LogP contribution in [0.3, 0.4) is 0 Å². The molecule has 4 nitrogen and oxygen atoms in total. The smallest absolute Gasteiger partial charge is 0.325 e. The van der Waals surface area contributed by atoms with Gasteiger partial charge in [0.2, 0.25) is 0 Å². The van der Waals surface area contributed by atoms with Crippen LogP contribution in [0.1, 0.15) is 52.5 Å². The summed E-state index contributed by atoms with van der Waals surface area (Å²) in [7, 11) is 0. The lowest BCUT2D eigenvalue weighted by Gasteiger charge is -2.26. The molecule has 0 aliphatic carbocycles. The molecule has 4 heteroatoms. The predicted octanol–water partition coefficient (Wildman–Crippen LogP) is 3.25. The van der Waals surface area contributed by atoms with Crippen molar-refractivity contribution in [1.29, 1.82) is 0 Å². The molecule has 0 aromatic heterocycles. The van der Waals surface area contributed by atoms with Gasteiger partial charge in [0.15, 0.2) is 0 Å². The molecular weight excluding hydrogens is 266 g/mol. The summed E-state index contributed by atoms with van der Waals surface area (Å²) in [4.78, 5) is 11.8. The van der Waals surface area contributed by atoms with Crippen LogP contribution in [0.2, 0.25) is 0 Å². The molecule has 2 atom stereocenters. The zero-order valence-corrected chi connectivity index (χ0v) is 13.7. The number of rotatable bonds is 7. The number of nitrogens with two attached hydrogens (primary N) is 1. The Kier molecular flexibility index (Phi) is 6.21. The Balaban J connectivity index is 2.60. The molecule has 1 aromatic carbocycles. The molecule has 0 bridgehead atoms. The van der Waals surface area contributed by atoms with Gasteiger partial charge in [-0.3, -0.25) is 4.79 Å². The van der Waals surface area contributed by atoms with Crippen LogP contribution in [0.4, 0.5) is 0 Å². The molecule has 1 rings (SSSR count). The first-order valence-electron chi connectivity index (χ1n) is 7.49. The number of hydrogen-bond donors (Lipinski definition) is 1. The van der Waals surface area contributed by atoms with Crippen molar-refractivity contribution in [3.63, 3.8) is 0 Å². The van der Waals surface area contributed by atoms with E-state index in [0.29, 0.717) is 18.9 Å². The Hall–Kier alpha value is -1.55. The Labute approximate surface area is 127 Å². The molecule has 2 unspecified atom stereocenters. The summed E-state index contributed by atoms with van der Waals surface area (Å²) in [5, 5.41) is 0. The second-order valence-electron chi connectivity index (χ2n) is 5.99. The monoisotopic (exact) mass is 293 g/mol. The molecule has 0 spiro atoms. The molecule has 0 aliphatic rings. The number of hydrogen-bond acceptors (Lipinski definition) is 4. The van der Waals surface area contributed by atoms with Crippen LogP contribution in [0, 0.1) is 0 Å². The third kappa shape index (κ3) is 5.38. The zero-order chi connectivity index (χ0) is 16.0. The molecule has 0 amide bonds. The van der Waals surface area contributed by atoms with Gasteiger partial charge < -0.3 is 15.2 Å². The van der Waals surface area contributed by atoms with Crippen LogP contribution in [-0.4, -0.2) is 24.2 Å². The second kappa shape index (κ2) is 7.46. The van der Waals surface area contributed by atoms with Crippen LogP contribution >= 0.6 is 0 Å². The zero-order valence-electron chi connectivity index (χ0n) is 13.7. The highest BCUT2D eigenvalue weighted by molar-refractivity contribution is 5.80. The second-order valence-corrected chi connectivity index (χ2v) is 5.99. The SMILES string of the molecule is CCOC(=O)C(C)(N)CC(C)Oc1ccc(C(C)C)cc1. The van der Waals surface area contributed by atoms with Gasteiger partial charge in [0.25, 0.3) is 0 Å². The Bertz CT molecular complexity index is 452. The van der Waals surface area contributed by atoms with Crippen molar-refractivity contribution in [3.8, 4) is 5.75 Å². The molecule has 118 valence electrons. The number of carbonyl (C=O) groups excluding carboxylic acids is 1. The van der Waals surface area contributed by atoms with Gasteiger partial charge >= 0.3 is 5.97 Å². The van der Waals surface area contributed by atoms with Crippen molar-refractivity contribution in [1.82, 2.24) is 0 Å². The van der Waals surface area contributed by atoms with Crippen molar-refractivity contribution >= 4 is 5.97 Å². The van der Waals surface area contributed by atoms with Gasteiger partial charge in [0.1, 0.15) is 11.3 Å². The van der Waals surface area contributed by atoms with E-state index >= 15 is 0 Å². The molecule has 0 fully saturated rings. The molecule has 2 N–H and O–H groups in total. The van der Waals surface area contributed by atoms with Crippen LogP contribution in [0.15, 0.2) is 24.3 Å². The average molecular weight is 293 g/mol. The lowest BCUT2D eigenvalue weighted by Crippen LogP contribution is -2.49. The molecule has 0 heterocycles. The quantitative estimate of drug-likeness (QED) is 0.784. The van der Waals surface area contributed by atoms with Gasteiger partial charge in [0, 0.05) is 6.42 Å². The first kappa shape index (κ1) is 17.5. The van der Waals surface area contributed by atoms with Gasteiger partial charge in [-0.1, -0.05) is 26.0 Å². The van der Waals surface area contributed by atoms with Crippen LogP contribution < -0.4 is 10.5 Å². The van der Waals surface area contributed by atoms with Crippen molar-refractivity contribution in [2.75, 3.05) is 6.61 Å². The minimum Gasteiger partial charge on any atom is -0.491 e. The summed E-state index contributed by atoms with van der Waals surface area (Å²) in [6, 6.07) is 8.01. The number of carbonyl (C=O) groups is 1. The highest BCUT2D eigenvalue weighted by Gasteiger charge is 2.32. The lowest BCUT2D eigenvalue weighted by atomic mass is 9.96. The van der Waals surface area contributed by atoms with Crippen molar-refractivity contribution < 1.29 is 14.3 Å². The fourth-order valence-electron chi connectivity index (χ4n) is 2.18. The molecule has 0 saturated heterocycles. The first-order valence-corrected chi connectivity index (χ1v) is 7.49. The van der Waals surface area contributed by atoms with Crippen molar-refractivity contribution in [3.05, 3.63) is 29.8 Å². The van der Waals surface area contributed by atoms with Gasteiger partial charge in [0.05, 0.1) is 12.7 Å². The minimum absolute atomic E-state index is 0.172. The van der Waals surface area contributed by atoms with E-state index in [9.17, 15) is 4.79 Å². The van der Waals surface area contributed by atoms with Gasteiger partial charge in [-0.05, 0) is 44.4 Å². The highest BCUT2D eigenvalue weighted by atomic mass is 16.5. The van der Waals surface area contributed by atoms with E-state index in [1.807, 2.05) is 19.1 Å². The van der Waals surface area contributed by atoms with Crippen molar-refractivity contribution in [2.45, 2.75) is 58.6 Å². The molecule has 0 radical (unpaired) electrons. The van der Waals surface area contributed by atoms with Crippen molar-refractivity contribution in [2.24, 2.45) is 5.73 Å². The Morgan fingerprint density at radius 1 is 1.24 bits per heavy atom. The molecular formula is C17H27NO3. The summed E-state index contributed by atoms with van der Waals surface area (Å²) in [6.45, 7) is 9.98. The maximum atomic E-state index is 11.8. The van der Waals surface area contributed by atoms with E-state index in [1.165, 1.54) is 5.56 Å². The molecule has 21 heavy (non-hydrogen) atoms. The van der Waals surface area contributed by atoms with Gasteiger partial charge in [-0.25, -0.2) is 0 Å². The van der Waals surface area contributed by atoms with Crippen LogP contribution in [-0.2, 0) is 9.53 Å². The van der Waals surface area contributed by atoms with Crippen LogP contribution in [0.5, 0.6) is 5.75 Å². The van der Waals surface area contributed by atoms with E-state index in [2.05, 4.69) is 26.0 Å². The fourth-order valence-corrected chi connectivity index (χ4v) is 2.18. The van der Waals surface area contributed by atoms with Crippen LogP contribution in [0.25, 0.3) is 0 Å². The summed E-state index contributed by atoms with van der Waals surface area (Å²) < 4.78 is 10.8. The molecule has 1 aromatic rings. The average Bonchev–Trinajstić information content (AvgIpc) is 2.38.